The molecule has 2 fully saturated rings. The molecule has 8 nitrogen and oxygen atoms in total. The largest absolute Gasteiger partial charge is 0.348 e. The summed E-state index contributed by atoms with van der Waals surface area (Å²) in [5, 5.41) is 3.06. The molecule has 4 rings (SSSR count). The molecule has 0 aromatic carbocycles. The van der Waals surface area contributed by atoms with Crippen LogP contribution in [0.25, 0.3) is 0 Å². The van der Waals surface area contributed by atoms with Crippen molar-refractivity contribution < 1.29 is 9.59 Å². The number of aromatic nitrogens is 3. The second kappa shape index (κ2) is 8.98. The van der Waals surface area contributed by atoms with E-state index < -0.39 is 0 Å². The van der Waals surface area contributed by atoms with Crippen LogP contribution in [0.4, 0.5) is 5.95 Å². The van der Waals surface area contributed by atoms with Gasteiger partial charge in [0.05, 0.1) is 0 Å². The lowest BCUT2D eigenvalue weighted by Crippen LogP contribution is -2.49. The number of carbonyl (C=O) groups is 2. The zero-order chi connectivity index (χ0) is 20.1. The molecule has 0 radical (unpaired) electrons. The summed E-state index contributed by atoms with van der Waals surface area (Å²) in [6.07, 6.45) is 8.99. The Morgan fingerprint density at radius 2 is 1.59 bits per heavy atom. The molecule has 1 N–H and O–H groups in total. The van der Waals surface area contributed by atoms with Crippen molar-refractivity contribution in [3.05, 3.63) is 48.0 Å². The molecule has 2 amide bonds. The Morgan fingerprint density at radius 3 is 2.31 bits per heavy atom. The van der Waals surface area contributed by atoms with Gasteiger partial charge in [0.25, 0.3) is 11.8 Å². The van der Waals surface area contributed by atoms with Crippen LogP contribution in [0.15, 0.2) is 36.7 Å². The molecule has 1 aliphatic carbocycles. The minimum atomic E-state index is -0.197. The molecule has 8 heteroatoms. The van der Waals surface area contributed by atoms with Crippen molar-refractivity contribution in [1.29, 1.82) is 0 Å². The van der Waals surface area contributed by atoms with Crippen molar-refractivity contribution in [2.75, 3.05) is 31.1 Å². The van der Waals surface area contributed by atoms with Crippen LogP contribution in [0.2, 0.25) is 0 Å². The maximum atomic E-state index is 12.9. The molecular weight excluding hydrogens is 368 g/mol. The fraction of sp³-hybridized carbons (Fsp3) is 0.476. The number of amides is 2. The Labute approximate surface area is 170 Å². The maximum Gasteiger partial charge on any atom is 0.272 e. The highest BCUT2D eigenvalue weighted by atomic mass is 16.2. The zero-order valence-corrected chi connectivity index (χ0v) is 16.5. The van der Waals surface area contributed by atoms with Gasteiger partial charge in [0, 0.05) is 44.6 Å². The minimum Gasteiger partial charge on any atom is -0.348 e. The number of carbonyl (C=O) groups excluding carboxylic acids is 2. The highest BCUT2D eigenvalue weighted by Crippen LogP contribution is 2.18. The van der Waals surface area contributed by atoms with Gasteiger partial charge in [-0.25, -0.2) is 15.0 Å². The van der Waals surface area contributed by atoms with E-state index >= 15 is 0 Å². The molecule has 1 saturated carbocycles. The molecule has 2 aromatic heterocycles. The van der Waals surface area contributed by atoms with E-state index in [4.69, 9.17) is 0 Å². The van der Waals surface area contributed by atoms with Crippen LogP contribution in [0.5, 0.6) is 0 Å². The normalized spacial score (nSPS) is 17.8. The van der Waals surface area contributed by atoms with E-state index in [-0.39, 0.29) is 17.9 Å². The standard InChI is InChI=1S/C21H26N6O2/c28-19(24-16-6-2-1-3-7-16)17-8-4-9-18(25-17)20(29)26-12-14-27(15-13-26)21-22-10-5-11-23-21/h4-5,8-11,16H,1-3,6-7,12-15H2,(H,24,28). The molecule has 152 valence electrons. The van der Waals surface area contributed by atoms with Crippen LogP contribution in [0.1, 0.15) is 53.1 Å². The quantitative estimate of drug-likeness (QED) is 0.852. The van der Waals surface area contributed by atoms with E-state index in [1.54, 1.807) is 41.6 Å². The fourth-order valence-electron chi connectivity index (χ4n) is 3.91. The lowest BCUT2D eigenvalue weighted by molar-refractivity contribution is 0.0740. The number of anilines is 1. The third-order valence-electron chi connectivity index (χ3n) is 5.54. The second-order valence-corrected chi connectivity index (χ2v) is 7.54. The van der Waals surface area contributed by atoms with E-state index in [1.165, 1.54) is 6.42 Å². The summed E-state index contributed by atoms with van der Waals surface area (Å²) in [6.45, 7) is 2.46. The number of hydrogen-bond donors (Lipinski definition) is 1. The van der Waals surface area contributed by atoms with Crippen LogP contribution >= 0.6 is 0 Å². The Kier molecular flexibility index (Phi) is 5.97. The summed E-state index contributed by atoms with van der Waals surface area (Å²) in [6, 6.07) is 7.06. The van der Waals surface area contributed by atoms with Gasteiger partial charge in [-0.3, -0.25) is 9.59 Å². The van der Waals surface area contributed by atoms with Crippen LogP contribution in [0.3, 0.4) is 0 Å². The molecule has 1 saturated heterocycles. The molecule has 1 aliphatic heterocycles. The first-order valence-electron chi connectivity index (χ1n) is 10.3. The molecule has 2 aliphatic rings. The number of hydrogen-bond acceptors (Lipinski definition) is 6. The molecule has 29 heavy (non-hydrogen) atoms. The highest BCUT2D eigenvalue weighted by Gasteiger charge is 2.25. The second-order valence-electron chi connectivity index (χ2n) is 7.54. The summed E-state index contributed by atoms with van der Waals surface area (Å²) >= 11 is 0. The van der Waals surface area contributed by atoms with Crippen molar-refractivity contribution in [3.8, 4) is 0 Å². The first-order chi connectivity index (χ1) is 14.2. The maximum absolute atomic E-state index is 12.9. The summed E-state index contributed by atoms with van der Waals surface area (Å²) in [5.41, 5.74) is 0.614. The minimum absolute atomic E-state index is 0.147. The number of rotatable bonds is 4. The zero-order valence-electron chi connectivity index (χ0n) is 16.5. The Balaban J connectivity index is 1.36. The van der Waals surface area contributed by atoms with E-state index in [9.17, 15) is 9.59 Å². The summed E-state index contributed by atoms with van der Waals surface area (Å²) in [4.78, 5) is 42.1. The molecular formula is C21H26N6O2. The average molecular weight is 394 g/mol. The lowest BCUT2D eigenvalue weighted by atomic mass is 9.95. The monoisotopic (exact) mass is 394 g/mol. The average Bonchev–Trinajstić information content (AvgIpc) is 2.80. The van der Waals surface area contributed by atoms with E-state index in [2.05, 4.69) is 25.2 Å². The number of piperazine rings is 1. The number of pyridine rings is 1. The van der Waals surface area contributed by atoms with Gasteiger partial charge in [-0.1, -0.05) is 25.3 Å². The van der Waals surface area contributed by atoms with E-state index in [1.807, 2.05) is 0 Å². The Hall–Kier alpha value is -3.03. The highest BCUT2D eigenvalue weighted by molar-refractivity contribution is 5.96. The smallest absolute Gasteiger partial charge is 0.272 e. The van der Waals surface area contributed by atoms with Crippen LogP contribution in [-0.2, 0) is 0 Å². The van der Waals surface area contributed by atoms with Crippen molar-refractivity contribution >= 4 is 17.8 Å². The van der Waals surface area contributed by atoms with Crippen molar-refractivity contribution in [3.63, 3.8) is 0 Å². The summed E-state index contributed by atoms with van der Waals surface area (Å²) in [5.74, 6) is 0.336. The van der Waals surface area contributed by atoms with E-state index in [0.29, 0.717) is 43.5 Å². The predicted octanol–water partition coefficient (Wildman–Crippen LogP) is 1.90. The van der Waals surface area contributed by atoms with Gasteiger partial charge in [0.1, 0.15) is 11.4 Å². The molecule has 0 bridgehead atoms. The van der Waals surface area contributed by atoms with Gasteiger partial charge >= 0.3 is 0 Å². The first-order valence-corrected chi connectivity index (χ1v) is 10.3. The molecule has 0 spiro atoms. The summed E-state index contributed by atoms with van der Waals surface area (Å²) in [7, 11) is 0. The van der Waals surface area contributed by atoms with Gasteiger partial charge in [-0.2, -0.15) is 0 Å². The summed E-state index contributed by atoms with van der Waals surface area (Å²) < 4.78 is 0. The van der Waals surface area contributed by atoms with Crippen molar-refractivity contribution in [1.82, 2.24) is 25.2 Å². The molecule has 2 aromatic rings. The van der Waals surface area contributed by atoms with Crippen molar-refractivity contribution in [2.45, 2.75) is 38.1 Å². The molecule has 3 heterocycles. The third-order valence-corrected chi connectivity index (χ3v) is 5.54. The van der Waals surface area contributed by atoms with Crippen LogP contribution < -0.4 is 10.2 Å². The van der Waals surface area contributed by atoms with Gasteiger partial charge in [-0.05, 0) is 31.0 Å². The van der Waals surface area contributed by atoms with Gasteiger partial charge < -0.3 is 15.1 Å². The van der Waals surface area contributed by atoms with Crippen molar-refractivity contribution in [2.24, 2.45) is 0 Å². The number of nitrogens with one attached hydrogen (secondary N) is 1. The SMILES string of the molecule is O=C(NC1CCCCC1)c1cccc(C(=O)N2CCN(c3ncccn3)CC2)n1. The number of nitrogens with zero attached hydrogens (tertiary/aromatic N) is 5. The van der Waals surface area contributed by atoms with Gasteiger partial charge in [0.15, 0.2) is 0 Å². The Bertz CT molecular complexity index is 845. The van der Waals surface area contributed by atoms with Gasteiger partial charge in [-0.15, -0.1) is 0 Å². The Morgan fingerprint density at radius 1 is 0.897 bits per heavy atom. The van der Waals surface area contributed by atoms with Crippen LogP contribution in [-0.4, -0.2) is 63.9 Å². The van der Waals surface area contributed by atoms with E-state index in [0.717, 1.165) is 25.7 Å². The molecule has 0 atom stereocenters. The predicted molar refractivity (Wildman–Crippen MR) is 109 cm³/mol. The fourth-order valence-corrected chi connectivity index (χ4v) is 3.91. The molecule has 0 unspecified atom stereocenters. The van der Waals surface area contributed by atoms with Crippen LogP contribution in [0, 0.1) is 0 Å². The van der Waals surface area contributed by atoms with Gasteiger partial charge in [0.2, 0.25) is 5.95 Å². The topological polar surface area (TPSA) is 91.3 Å². The first kappa shape index (κ1) is 19.3. The third kappa shape index (κ3) is 4.70. The lowest BCUT2D eigenvalue weighted by Gasteiger charge is -2.34.